The van der Waals surface area contributed by atoms with Crippen molar-refractivity contribution in [3.05, 3.63) is 33.8 Å². The molecule has 0 aliphatic heterocycles. The summed E-state index contributed by atoms with van der Waals surface area (Å²) >= 11 is 8.89. The van der Waals surface area contributed by atoms with Crippen LogP contribution in [0.4, 0.5) is 0 Å². The lowest BCUT2D eigenvalue weighted by Gasteiger charge is -1.87. The lowest BCUT2D eigenvalue weighted by atomic mass is 10.4. The predicted octanol–water partition coefficient (Wildman–Crippen LogP) is 3.52. The van der Waals surface area contributed by atoms with Gasteiger partial charge in [-0.15, -0.1) is 12.4 Å². The smallest absolute Gasteiger partial charge is 0.0417 e. The molecule has 0 aliphatic rings. The van der Waals surface area contributed by atoms with Crippen LogP contribution in [-0.2, 0) is 0 Å². The van der Waals surface area contributed by atoms with Crippen molar-refractivity contribution in [3.63, 3.8) is 0 Å². The van der Waals surface area contributed by atoms with Gasteiger partial charge in [0, 0.05) is 9.50 Å². The Hall–Kier alpha value is 0.280. The van der Waals surface area contributed by atoms with Crippen LogP contribution in [0.1, 0.15) is 0 Å². The van der Waals surface area contributed by atoms with Crippen molar-refractivity contribution < 1.29 is 0 Å². The molecule has 0 saturated carbocycles. The van der Waals surface area contributed by atoms with Crippen molar-refractivity contribution in [3.8, 4) is 0 Å². The number of hydrogen-bond donors (Lipinski definition) is 0. The average molecular weight is 228 g/mol. The topological polar surface area (TPSA) is 0 Å². The van der Waals surface area contributed by atoms with Gasteiger partial charge in [0.1, 0.15) is 0 Å². The summed E-state index contributed by atoms with van der Waals surface area (Å²) in [4.78, 5) is 0. The molecule has 0 aromatic heterocycles. The Bertz CT molecular complexity index is 171. The van der Waals surface area contributed by atoms with Crippen LogP contribution in [0, 0.1) is 0 Å². The maximum absolute atomic E-state index is 5.61. The monoisotopic (exact) mass is 226 g/mol. The quantitative estimate of drug-likeness (QED) is 0.637. The molecule has 0 amide bonds. The lowest BCUT2D eigenvalue weighted by molar-refractivity contribution is 1.65. The Kier molecular flexibility index (Phi) is 4.28. The van der Waals surface area contributed by atoms with Crippen LogP contribution < -0.4 is 0 Å². The Balaban J connectivity index is 0.000000640. The minimum atomic E-state index is 0. The number of rotatable bonds is 0. The first-order valence-electron chi connectivity index (χ1n) is 2.20. The maximum atomic E-state index is 5.61. The third-order valence-corrected chi connectivity index (χ3v) is 1.52. The van der Waals surface area contributed by atoms with Crippen molar-refractivity contribution in [2.75, 3.05) is 0 Å². The predicted molar refractivity (Wildman–Crippen MR) is 46.4 cm³/mol. The summed E-state index contributed by atoms with van der Waals surface area (Å²) in [6.45, 7) is 0. The Morgan fingerprint density at radius 3 is 2.33 bits per heavy atom. The second-order valence-electron chi connectivity index (χ2n) is 1.44. The second-order valence-corrected chi connectivity index (χ2v) is 2.79. The van der Waals surface area contributed by atoms with Gasteiger partial charge in [-0.1, -0.05) is 33.6 Å². The summed E-state index contributed by atoms with van der Waals surface area (Å²) in [6, 6.07) is 7.52. The van der Waals surface area contributed by atoms with Gasteiger partial charge >= 0.3 is 0 Å². The van der Waals surface area contributed by atoms with E-state index in [1.165, 1.54) is 0 Å². The molecule has 1 aromatic carbocycles. The van der Waals surface area contributed by atoms with Gasteiger partial charge in [0.05, 0.1) is 0 Å². The van der Waals surface area contributed by atoms with Crippen LogP contribution in [-0.4, -0.2) is 0 Å². The zero-order chi connectivity index (χ0) is 5.98. The van der Waals surface area contributed by atoms with Gasteiger partial charge in [0.25, 0.3) is 0 Å². The van der Waals surface area contributed by atoms with Gasteiger partial charge in [-0.3, -0.25) is 0 Å². The third-order valence-electron chi connectivity index (χ3n) is 0.787. The zero-order valence-electron chi connectivity index (χ0n) is 4.47. The minimum Gasteiger partial charge on any atom is -0.147 e. The first kappa shape index (κ1) is 9.28. The van der Waals surface area contributed by atoms with Crippen molar-refractivity contribution >= 4 is 39.9 Å². The van der Waals surface area contributed by atoms with Crippen LogP contribution in [0.3, 0.4) is 0 Å². The molecule has 3 heteroatoms. The molecule has 0 bridgehead atoms. The highest BCUT2D eigenvalue weighted by atomic mass is 79.9. The molecule has 0 heterocycles. The molecule has 1 aromatic rings. The van der Waals surface area contributed by atoms with Gasteiger partial charge in [-0.2, -0.15) is 0 Å². The molecule has 0 aliphatic carbocycles. The van der Waals surface area contributed by atoms with E-state index >= 15 is 0 Å². The molecule has 9 heavy (non-hydrogen) atoms. The maximum Gasteiger partial charge on any atom is 0.0417 e. The molecule has 0 spiro atoms. The van der Waals surface area contributed by atoms with E-state index in [1.807, 2.05) is 24.3 Å². The average Bonchev–Trinajstić information content (AvgIpc) is 1.64. The van der Waals surface area contributed by atoms with Crippen LogP contribution in [0.15, 0.2) is 28.7 Å². The fraction of sp³-hybridized carbons (Fsp3) is 0. The summed E-state index contributed by atoms with van der Waals surface area (Å²) in [6.07, 6.45) is 0. The molecule has 0 unspecified atom stereocenters. The molecule has 0 N–H and O–H groups in total. The fourth-order valence-corrected chi connectivity index (χ4v) is 1.18. The summed E-state index contributed by atoms with van der Waals surface area (Å²) in [7, 11) is 0. The Morgan fingerprint density at radius 1 is 1.33 bits per heavy atom. The van der Waals surface area contributed by atoms with E-state index in [0.29, 0.717) is 0 Å². The van der Waals surface area contributed by atoms with Gasteiger partial charge in [0.15, 0.2) is 0 Å². The van der Waals surface area contributed by atoms with E-state index in [4.69, 9.17) is 11.6 Å². The number of hydrogen-bond acceptors (Lipinski definition) is 0. The SMILES string of the molecule is Cl.Clc1cccc(Br)c1. The van der Waals surface area contributed by atoms with Crippen LogP contribution >= 0.6 is 39.9 Å². The molecular weight excluding hydrogens is 223 g/mol. The largest absolute Gasteiger partial charge is 0.147 e. The van der Waals surface area contributed by atoms with Crippen molar-refractivity contribution in [2.45, 2.75) is 0 Å². The highest BCUT2D eigenvalue weighted by Crippen LogP contribution is 2.14. The van der Waals surface area contributed by atoms with E-state index < -0.39 is 0 Å². The zero-order valence-corrected chi connectivity index (χ0v) is 7.63. The van der Waals surface area contributed by atoms with Gasteiger partial charge in [-0.05, 0) is 18.2 Å². The standard InChI is InChI=1S/C6H4BrCl.ClH/c7-5-2-1-3-6(8)4-5;/h1-4H;1H. The highest BCUT2D eigenvalue weighted by molar-refractivity contribution is 9.10. The molecule has 0 fully saturated rings. The second kappa shape index (κ2) is 4.15. The van der Waals surface area contributed by atoms with Crippen molar-refractivity contribution in [1.82, 2.24) is 0 Å². The van der Waals surface area contributed by atoms with E-state index in [-0.39, 0.29) is 12.4 Å². The van der Waals surface area contributed by atoms with Crippen molar-refractivity contribution in [2.24, 2.45) is 0 Å². The van der Waals surface area contributed by atoms with Crippen LogP contribution in [0.5, 0.6) is 0 Å². The molecule has 50 valence electrons. The summed E-state index contributed by atoms with van der Waals surface area (Å²) in [5.41, 5.74) is 0. The highest BCUT2D eigenvalue weighted by Gasteiger charge is 1.84. The molecule has 0 nitrogen and oxygen atoms in total. The fourth-order valence-electron chi connectivity index (χ4n) is 0.460. The van der Waals surface area contributed by atoms with E-state index in [9.17, 15) is 0 Å². The number of benzene rings is 1. The van der Waals surface area contributed by atoms with Crippen molar-refractivity contribution in [1.29, 1.82) is 0 Å². The first-order chi connectivity index (χ1) is 3.79. The molecule has 1 rings (SSSR count). The normalized spacial score (nSPS) is 8.22. The van der Waals surface area contributed by atoms with Gasteiger partial charge in [-0.25, -0.2) is 0 Å². The summed E-state index contributed by atoms with van der Waals surface area (Å²) in [5, 5.41) is 0.763. The third kappa shape index (κ3) is 3.09. The van der Waals surface area contributed by atoms with E-state index in [2.05, 4.69) is 15.9 Å². The van der Waals surface area contributed by atoms with E-state index in [1.54, 1.807) is 0 Å². The minimum absolute atomic E-state index is 0. The van der Waals surface area contributed by atoms with Crippen LogP contribution in [0.2, 0.25) is 5.02 Å². The van der Waals surface area contributed by atoms with Crippen LogP contribution in [0.25, 0.3) is 0 Å². The molecule has 0 saturated heterocycles. The first-order valence-corrected chi connectivity index (χ1v) is 3.37. The molecule has 0 atom stereocenters. The van der Waals surface area contributed by atoms with Gasteiger partial charge in [0.2, 0.25) is 0 Å². The van der Waals surface area contributed by atoms with Gasteiger partial charge < -0.3 is 0 Å². The summed E-state index contributed by atoms with van der Waals surface area (Å²) < 4.78 is 1.02. The molecular formula is C6H5BrCl2. The number of halogens is 3. The summed E-state index contributed by atoms with van der Waals surface area (Å²) in [5.74, 6) is 0. The van der Waals surface area contributed by atoms with E-state index in [0.717, 1.165) is 9.50 Å². The lowest BCUT2D eigenvalue weighted by Crippen LogP contribution is -1.61. The Morgan fingerprint density at radius 2 is 2.00 bits per heavy atom. The molecule has 0 radical (unpaired) electrons. The Labute approximate surface area is 73.8 Å².